The molecule has 2 amide bonds. The highest BCUT2D eigenvalue weighted by molar-refractivity contribution is 6.04. The third-order valence-electron chi connectivity index (χ3n) is 8.77. The number of hydrogen-bond acceptors (Lipinski definition) is 6. The van der Waals surface area contributed by atoms with Crippen molar-refractivity contribution in [3.8, 4) is 0 Å². The van der Waals surface area contributed by atoms with E-state index in [4.69, 9.17) is 9.47 Å². The Morgan fingerprint density at radius 1 is 1.16 bits per heavy atom. The molecule has 6 atom stereocenters. The summed E-state index contributed by atoms with van der Waals surface area (Å²) in [6.07, 6.45) is 2.11. The van der Waals surface area contributed by atoms with Crippen LogP contribution in [0, 0.1) is 17.8 Å². The fourth-order valence-corrected chi connectivity index (χ4v) is 7.24. The number of carbonyl (C=O) groups is 3. The molecule has 8 nitrogen and oxygen atoms in total. The van der Waals surface area contributed by atoms with Gasteiger partial charge in [0.1, 0.15) is 17.6 Å². The normalized spacial score (nSPS) is 30.6. The van der Waals surface area contributed by atoms with Crippen molar-refractivity contribution in [1.29, 1.82) is 0 Å². The summed E-state index contributed by atoms with van der Waals surface area (Å²) >= 11 is 0. The first-order chi connectivity index (χ1) is 18.2. The average molecular weight is 523 g/mol. The molecule has 204 valence electrons. The van der Waals surface area contributed by atoms with Gasteiger partial charge in [-0.1, -0.05) is 51.1 Å². The van der Waals surface area contributed by atoms with Crippen LogP contribution in [0.2, 0.25) is 0 Å². The molecule has 5 rings (SSSR count). The van der Waals surface area contributed by atoms with E-state index in [1.54, 1.807) is 6.92 Å². The minimum atomic E-state index is -1.16. The number of likely N-dealkylation sites (tertiary alicyclic amines) is 1. The number of fused-ring (bicyclic) bond motifs is 2. The van der Waals surface area contributed by atoms with Gasteiger partial charge in [0, 0.05) is 5.69 Å². The second-order valence-electron chi connectivity index (χ2n) is 11.3. The zero-order valence-corrected chi connectivity index (χ0v) is 22.6. The molecule has 2 bridgehead atoms. The van der Waals surface area contributed by atoms with Crippen LogP contribution in [0.25, 0.3) is 10.8 Å². The number of nitrogens with zero attached hydrogens (tertiary/aromatic N) is 1. The Morgan fingerprint density at radius 3 is 2.55 bits per heavy atom. The fourth-order valence-electron chi connectivity index (χ4n) is 7.24. The van der Waals surface area contributed by atoms with E-state index in [9.17, 15) is 19.5 Å². The number of aliphatic hydroxyl groups is 1. The molecular weight excluding hydrogens is 484 g/mol. The Labute approximate surface area is 223 Å². The number of amides is 2. The second-order valence-corrected chi connectivity index (χ2v) is 11.3. The summed E-state index contributed by atoms with van der Waals surface area (Å²) in [5.41, 5.74) is -1.38. The van der Waals surface area contributed by atoms with Crippen LogP contribution in [0.1, 0.15) is 53.4 Å². The van der Waals surface area contributed by atoms with Gasteiger partial charge in [-0.3, -0.25) is 14.4 Å². The van der Waals surface area contributed by atoms with Gasteiger partial charge in [0.15, 0.2) is 0 Å². The highest BCUT2D eigenvalue weighted by Gasteiger charge is 2.79. The molecule has 0 aliphatic carbocycles. The van der Waals surface area contributed by atoms with E-state index in [2.05, 4.69) is 5.32 Å². The van der Waals surface area contributed by atoms with Crippen molar-refractivity contribution in [2.75, 3.05) is 18.5 Å². The maximum atomic E-state index is 14.2. The number of anilines is 1. The van der Waals surface area contributed by atoms with Crippen LogP contribution in [0.3, 0.4) is 0 Å². The highest BCUT2D eigenvalue weighted by Crippen LogP contribution is 2.64. The van der Waals surface area contributed by atoms with Crippen molar-refractivity contribution in [3.05, 3.63) is 42.5 Å². The first-order valence-electron chi connectivity index (χ1n) is 13.8. The van der Waals surface area contributed by atoms with E-state index in [1.807, 2.05) is 63.2 Å². The minimum Gasteiger partial charge on any atom is -0.466 e. The lowest BCUT2D eigenvalue weighted by atomic mass is 9.65. The molecule has 0 aromatic heterocycles. The number of rotatable bonds is 9. The lowest BCUT2D eigenvalue weighted by Crippen LogP contribution is -2.56. The Bertz CT molecular complexity index is 1250. The first kappa shape index (κ1) is 26.6. The fraction of sp³-hybridized carbons (Fsp3) is 0.567. The SMILES string of the molecule is CCOC(=O)[C@@H]1[C@H]2C(=O)N([C@@H](CO)CC(C)C)C(C(=O)Nc3ccc4ccccc4c3)C23CC[C@@]1(CC)O3. The van der Waals surface area contributed by atoms with Crippen LogP contribution in [-0.2, 0) is 23.9 Å². The van der Waals surface area contributed by atoms with Crippen molar-refractivity contribution in [1.82, 2.24) is 4.90 Å². The van der Waals surface area contributed by atoms with Gasteiger partial charge in [0.05, 0.1) is 30.8 Å². The molecule has 2 N–H and O–H groups in total. The minimum absolute atomic E-state index is 0.183. The molecule has 0 radical (unpaired) electrons. The maximum absolute atomic E-state index is 14.2. The second kappa shape index (κ2) is 9.97. The van der Waals surface area contributed by atoms with Crippen LogP contribution in [-0.4, -0.2) is 64.3 Å². The van der Waals surface area contributed by atoms with E-state index in [1.165, 1.54) is 4.90 Å². The van der Waals surface area contributed by atoms with E-state index < -0.39 is 41.1 Å². The van der Waals surface area contributed by atoms with Crippen molar-refractivity contribution in [3.63, 3.8) is 0 Å². The molecule has 8 heteroatoms. The van der Waals surface area contributed by atoms with Gasteiger partial charge in [-0.15, -0.1) is 0 Å². The predicted octanol–water partition coefficient (Wildman–Crippen LogP) is 3.90. The first-order valence-corrected chi connectivity index (χ1v) is 13.8. The number of ether oxygens (including phenoxy) is 2. The third kappa shape index (κ3) is 4.00. The highest BCUT2D eigenvalue weighted by atomic mass is 16.6. The number of aliphatic hydroxyl groups excluding tert-OH is 1. The van der Waals surface area contributed by atoms with Gasteiger partial charge < -0.3 is 24.8 Å². The van der Waals surface area contributed by atoms with Crippen LogP contribution in [0.4, 0.5) is 5.69 Å². The lowest BCUT2D eigenvalue weighted by molar-refractivity contribution is -0.161. The largest absolute Gasteiger partial charge is 0.466 e. The molecule has 3 saturated heterocycles. The number of benzene rings is 2. The standard InChI is InChI=1S/C30H38N2O6/c1-5-29-13-14-30(38-29)23(24(29)28(36)37-6-2)27(35)32(22(17-33)15-18(3)4)25(30)26(34)31-21-12-11-19-9-7-8-10-20(19)16-21/h7-12,16,18,22-25,33H,5-6,13-15,17H2,1-4H3,(H,31,34)/t22-,23+,24+,25?,29-,30?/m1/s1. The van der Waals surface area contributed by atoms with Gasteiger partial charge in [-0.05, 0) is 61.4 Å². The summed E-state index contributed by atoms with van der Waals surface area (Å²) in [6.45, 7) is 7.65. The van der Waals surface area contributed by atoms with Gasteiger partial charge >= 0.3 is 5.97 Å². The molecule has 2 aromatic carbocycles. The Morgan fingerprint density at radius 2 is 1.89 bits per heavy atom. The smallest absolute Gasteiger partial charge is 0.312 e. The van der Waals surface area contributed by atoms with Gasteiger partial charge in [-0.25, -0.2) is 0 Å². The van der Waals surface area contributed by atoms with Crippen LogP contribution in [0.15, 0.2) is 42.5 Å². The van der Waals surface area contributed by atoms with Gasteiger partial charge in [-0.2, -0.15) is 0 Å². The number of carbonyl (C=O) groups excluding carboxylic acids is 3. The van der Waals surface area contributed by atoms with E-state index in [-0.39, 0.29) is 30.9 Å². The topological polar surface area (TPSA) is 105 Å². The molecule has 3 aliphatic heterocycles. The molecule has 3 aliphatic rings. The van der Waals surface area contributed by atoms with Crippen molar-refractivity contribution < 1.29 is 29.0 Å². The summed E-state index contributed by atoms with van der Waals surface area (Å²) in [5, 5.41) is 15.5. The monoisotopic (exact) mass is 522 g/mol. The Hall–Kier alpha value is -2.97. The zero-order chi connectivity index (χ0) is 27.2. The number of esters is 1. The van der Waals surface area contributed by atoms with Crippen LogP contribution in [0.5, 0.6) is 0 Å². The average Bonchev–Trinajstić information content (AvgIpc) is 3.50. The van der Waals surface area contributed by atoms with Crippen molar-refractivity contribution in [2.24, 2.45) is 17.8 Å². The van der Waals surface area contributed by atoms with Gasteiger partial charge in [0.25, 0.3) is 0 Å². The summed E-state index contributed by atoms with van der Waals surface area (Å²) in [7, 11) is 0. The van der Waals surface area contributed by atoms with Crippen molar-refractivity contribution in [2.45, 2.75) is 76.7 Å². The summed E-state index contributed by atoms with van der Waals surface area (Å²) in [4.78, 5) is 43.2. The van der Waals surface area contributed by atoms with E-state index >= 15 is 0 Å². The number of hydrogen-bond donors (Lipinski definition) is 2. The van der Waals surface area contributed by atoms with Crippen LogP contribution >= 0.6 is 0 Å². The summed E-state index contributed by atoms with van der Waals surface area (Å²) in [6, 6.07) is 12.0. The molecule has 38 heavy (non-hydrogen) atoms. The van der Waals surface area contributed by atoms with Crippen LogP contribution < -0.4 is 5.32 Å². The van der Waals surface area contributed by atoms with E-state index in [0.29, 0.717) is 31.4 Å². The molecule has 3 heterocycles. The van der Waals surface area contributed by atoms with Gasteiger partial charge in [0.2, 0.25) is 11.8 Å². The summed E-state index contributed by atoms with van der Waals surface area (Å²) in [5.74, 6) is -2.56. The summed E-state index contributed by atoms with van der Waals surface area (Å²) < 4.78 is 12.2. The molecular formula is C30H38N2O6. The molecule has 2 aromatic rings. The predicted molar refractivity (Wildman–Crippen MR) is 143 cm³/mol. The quantitative estimate of drug-likeness (QED) is 0.484. The maximum Gasteiger partial charge on any atom is 0.312 e. The lowest BCUT2D eigenvalue weighted by Gasteiger charge is -2.37. The Balaban J connectivity index is 1.57. The van der Waals surface area contributed by atoms with E-state index in [0.717, 1.165) is 10.8 Å². The Kier molecular flexibility index (Phi) is 6.99. The third-order valence-corrected chi connectivity index (χ3v) is 8.77. The molecule has 0 saturated carbocycles. The number of nitrogens with one attached hydrogen (secondary N) is 1. The van der Waals surface area contributed by atoms with Crippen molar-refractivity contribution >= 4 is 34.2 Å². The zero-order valence-electron chi connectivity index (χ0n) is 22.6. The molecule has 1 spiro atoms. The molecule has 3 fully saturated rings. The molecule has 2 unspecified atom stereocenters.